The van der Waals surface area contributed by atoms with Crippen LogP contribution in [0.5, 0.6) is 0 Å². The number of nitrogens with zero attached hydrogens (tertiary/aromatic N) is 1. The van der Waals surface area contributed by atoms with E-state index in [9.17, 15) is 17.6 Å². The summed E-state index contributed by atoms with van der Waals surface area (Å²) in [5.74, 6) is -1.82. The third-order valence-electron chi connectivity index (χ3n) is 4.37. The fourth-order valence-electron chi connectivity index (χ4n) is 3.20. The molecule has 2 aromatic carbocycles. The van der Waals surface area contributed by atoms with E-state index >= 15 is 0 Å². The lowest BCUT2D eigenvalue weighted by Gasteiger charge is -2.31. The van der Waals surface area contributed by atoms with Crippen molar-refractivity contribution in [3.63, 3.8) is 0 Å². The lowest BCUT2D eigenvalue weighted by Crippen LogP contribution is -2.41. The van der Waals surface area contributed by atoms with Crippen LogP contribution in [0.4, 0.5) is 15.8 Å². The summed E-state index contributed by atoms with van der Waals surface area (Å²) < 4.78 is 40.2. The van der Waals surface area contributed by atoms with Gasteiger partial charge < -0.3 is 4.90 Å². The molecule has 0 fully saturated rings. The summed E-state index contributed by atoms with van der Waals surface area (Å²) in [6.07, 6.45) is 1.76. The van der Waals surface area contributed by atoms with Gasteiger partial charge in [0.05, 0.1) is 17.4 Å². The Balaban J connectivity index is 1.71. The highest BCUT2D eigenvalue weighted by molar-refractivity contribution is 7.92. The maximum atomic E-state index is 13.2. The van der Waals surface area contributed by atoms with Crippen molar-refractivity contribution in [2.45, 2.75) is 19.8 Å². The Bertz CT molecular complexity index is 915. The van der Waals surface area contributed by atoms with E-state index in [-0.39, 0.29) is 17.3 Å². The van der Waals surface area contributed by atoms with E-state index in [1.807, 2.05) is 24.3 Å². The molecule has 1 aliphatic rings. The Kier molecular flexibility index (Phi) is 5.27. The topological polar surface area (TPSA) is 66.5 Å². The average molecular weight is 376 g/mol. The van der Waals surface area contributed by atoms with Crippen LogP contribution in [0.2, 0.25) is 0 Å². The molecular weight excluding hydrogens is 355 g/mol. The standard InChI is InChI=1S/C19H21FN2O3S/c1-14(13-26(24,25)21-17-9-4-8-16(20)12-17)19(23)22-11-5-7-15-6-2-3-10-18(15)22/h2-4,6,8-10,12,14,21H,5,7,11,13H2,1H3. The SMILES string of the molecule is CC(CS(=O)(=O)Nc1cccc(F)c1)C(=O)N1CCCc2ccccc21. The number of para-hydroxylation sites is 1. The molecule has 1 amide bonds. The van der Waals surface area contributed by atoms with Gasteiger partial charge in [0.15, 0.2) is 0 Å². The molecule has 1 N–H and O–H groups in total. The monoisotopic (exact) mass is 376 g/mol. The second-order valence-corrected chi connectivity index (χ2v) is 8.28. The van der Waals surface area contributed by atoms with Gasteiger partial charge >= 0.3 is 0 Å². The van der Waals surface area contributed by atoms with E-state index in [0.29, 0.717) is 6.54 Å². The number of aryl methyl sites for hydroxylation is 1. The first-order valence-electron chi connectivity index (χ1n) is 8.51. The van der Waals surface area contributed by atoms with Crippen LogP contribution in [0.3, 0.4) is 0 Å². The number of anilines is 2. The number of halogens is 1. The third-order valence-corrected chi connectivity index (χ3v) is 5.85. The lowest BCUT2D eigenvalue weighted by molar-refractivity contribution is -0.121. The molecule has 0 aliphatic carbocycles. The molecule has 0 saturated carbocycles. The third kappa shape index (κ3) is 4.22. The number of amides is 1. The number of nitrogens with one attached hydrogen (secondary N) is 1. The number of hydrogen-bond acceptors (Lipinski definition) is 3. The van der Waals surface area contributed by atoms with Gasteiger partial charge in [-0.05, 0) is 42.7 Å². The minimum Gasteiger partial charge on any atom is -0.312 e. The largest absolute Gasteiger partial charge is 0.312 e. The van der Waals surface area contributed by atoms with Crippen LogP contribution in [0.15, 0.2) is 48.5 Å². The number of hydrogen-bond donors (Lipinski definition) is 1. The van der Waals surface area contributed by atoms with Crippen molar-refractivity contribution < 1.29 is 17.6 Å². The Hall–Kier alpha value is -2.41. The quantitative estimate of drug-likeness (QED) is 0.872. The first-order chi connectivity index (χ1) is 12.4. The van der Waals surface area contributed by atoms with E-state index < -0.39 is 21.8 Å². The average Bonchev–Trinajstić information content (AvgIpc) is 2.59. The molecule has 0 saturated heterocycles. The van der Waals surface area contributed by atoms with Gasteiger partial charge in [-0.25, -0.2) is 12.8 Å². The van der Waals surface area contributed by atoms with Crippen LogP contribution in [0, 0.1) is 11.7 Å². The molecular formula is C19H21FN2O3S. The predicted molar refractivity (Wildman–Crippen MR) is 100 cm³/mol. The Morgan fingerprint density at radius 1 is 1.23 bits per heavy atom. The molecule has 138 valence electrons. The van der Waals surface area contributed by atoms with E-state index in [1.54, 1.807) is 11.8 Å². The fourth-order valence-corrected chi connectivity index (χ4v) is 4.57. The van der Waals surface area contributed by atoms with Gasteiger partial charge in [0.2, 0.25) is 15.9 Å². The van der Waals surface area contributed by atoms with Gasteiger partial charge in [-0.3, -0.25) is 9.52 Å². The smallest absolute Gasteiger partial charge is 0.233 e. The van der Waals surface area contributed by atoms with Crippen LogP contribution in [0.25, 0.3) is 0 Å². The van der Waals surface area contributed by atoms with Crippen molar-refractivity contribution in [3.05, 3.63) is 59.9 Å². The van der Waals surface area contributed by atoms with Crippen LogP contribution in [-0.4, -0.2) is 26.6 Å². The van der Waals surface area contributed by atoms with Crippen LogP contribution in [0.1, 0.15) is 18.9 Å². The fraction of sp³-hybridized carbons (Fsp3) is 0.316. The molecule has 0 radical (unpaired) electrons. The molecule has 1 heterocycles. The summed E-state index contributed by atoms with van der Waals surface area (Å²) in [6, 6.07) is 12.9. The molecule has 2 aromatic rings. The molecule has 3 rings (SSSR count). The van der Waals surface area contributed by atoms with Gasteiger partial charge in [-0.1, -0.05) is 31.2 Å². The van der Waals surface area contributed by atoms with Gasteiger partial charge in [-0.15, -0.1) is 0 Å². The number of sulfonamides is 1. The number of carbonyl (C=O) groups excluding carboxylic acids is 1. The maximum Gasteiger partial charge on any atom is 0.233 e. The first-order valence-corrected chi connectivity index (χ1v) is 10.2. The Labute approximate surface area is 152 Å². The van der Waals surface area contributed by atoms with Gasteiger partial charge in [-0.2, -0.15) is 0 Å². The second-order valence-electron chi connectivity index (χ2n) is 6.52. The maximum absolute atomic E-state index is 13.2. The highest BCUT2D eigenvalue weighted by Gasteiger charge is 2.29. The minimum atomic E-state index is -3.78. The summed E-state index contributed by atoms with van der Waals surface area (Å²) in [7, 11) is -3.78. The van der Waals surface area contributed by atoms with Gasteiger partial charge in [0.1, 0.15) is 5.82 Å². The summed E-state index contributed by atoms with van der Waals surface area (Å²) in [4.78, 5) is 14.5. The van der Waals surface area contributed by atoms with E-state index in [4.69, 9.17) is 0 Å². The minimum absolute atomic E-state index is 0.146. The zero-order valence-corrected chi connectivity index (χ0v) is 15.3. The zero-order chi connectivity index (χ0) is 18.7. The molecule has 7 heteroatoms. The number of carbonyl (C=O) groups is 1. The molecule has 0 spiro atoms. The summed E-state index contributed by atoms with van der Waals surface area (Å²) >= 11 is 0. The molecule has 0 bridgehead atoms. The molecule has 26 heavy (non-hydrogen) atoms. The summed E-state index contributed by atoms with van der Waals surface area (Å²) in [5, 5.41) is 0. The molecule has 1 unspecified atom stereocenters. The highest BCUT2D eigenvalue weighted by atomic mass is 32.2. The van der Waals surface area contributed by atoms with Crippen LogP contribution >= 0.6 is 0 Å². The van der Waals surface area contributed by atoms with Crippen molar-refractivity contribution in [2.24, 2.45) is 5.92 Å². The van der Waals surface area contributed by atoms with Crippen LogP contribution in [-0.2, 0) is 21.2 Å². The predicted octanol–water partition coefficient (Wildman–Crippen LogP) is 3.18. The summed E-state index contributed by atoms with van der Waals surface area (Å²) in [5.41, 5.74) is 2.10. The van der Waals surface area contributed by atoms with Crippen LogP contribution < -0.4 is 9.62 Å². The van der Waals surface area contributed by atoms with Crippen molar-refractivity contribution in [2.75, 3.05) is 21.9 Å². The summed E-state index contributed by atoms with van der Waals surface area (Å²) in [6.45, 7) is 2.18. The normalized spacial score (nSPS) is 15.2. The van der Waals surface area contributed by atoms with Crippen molar-refractivity contribution in [1.29, 1.82) is 0 Å². The molecule has 0 aromatic heterocycles. The Morgan fingerprint density at radius 2 is 2.00 bits per heavy atom. The zero-order valence-electron chi connectivity index (χ0n) is 14.5. The Morgan fingerprint density at radius 3 is 2.77 bits per heavy atom. The molecule has 5 nitrogen and oxygen atoms in total. The van der Waals surface area contributed by atoms with E-state index in [2.05, 4.69) is 4.72 Å². The molecule has 1 aliphatic heterocycles. The second kappa shape index (κ2) is 7.45. The van der Waals surface area contributed by atoms with E-state index in [0.717, 1.165) is 30.2 Å². The highest BCUT2D eigenvalue weighted by Crippen LogP contribution is 2.28. The van der Waals surface area contributed by atoms with Gasteiger partial charge in [0.25, 0.3) is 0 Å². The van der Waals surface area contributed by atoms with Gasteiger partial charge in [0, 0.05) is 12.2 Å². The number of fused-ring (bicyclic) bond motifs is 1. The number of rotatable bonds is 5. The first kappa shape index (κ1) is 18.4. The van der Waals surface area contributed by atoms with Crippen molar-refractivity contribution in [3.8, 4) is 0 Å². The molecule has 1 atom stereocenters. The number of benzene rings is 2. The van der Waals surface area contributed by atoms with Crippen molar-refractivity contribution >= 4 is 27.3 Å². The van der Waals surface area contributed by atoms with Crippen molar-refractivity contribution in [1.82, 2.24) is 0 Å². The lowest BCUT2D eigenvalue weighted by atomic mass is 10.0. The van der Waals surface area contributed by atoms with E-state index in [1.165, 1.54) is 18.2 Å².